The molecular weight excluding hydrogens is 296 g/mol. The van der Waals surface area contributed by atoms with E-state index in [1.54, 1.807) is 19.2 Å². The van der Waals surface area contributed by atoms with E-state index in [9.17, 15) is 4.79 Å². The average Bonchev–Trinajstić information content (AvgIpc) is 3.00. The fourth-order valence-corrected chi connectivity index (χ4v) is 2.47. The number of aromatic nitrogens is 2. The molecule has 23 heavy (non-hydrogen) atoms. The Morgan fingerprint density at radius 1 is 1.48 bits per heavy atom. The predicted molar refractivity (Wildman–Crippen MR) is 84.3 cm³/mol. The molecule has 1 amide bonds. The second-order valence-electron chi connectivity index (χ2n) is 5.67. The summed E-state index contributed by atoms with van der Waals surface area (Å²) in [5.74, 6) is 0.868. The van der Waals surface area contributed by atoms with Crippen LogP contribution in [0.15, 0.2) is 28.9 Å². The van der Waals surface area contributed by atoms with Gasteiger partial charge < -0.3 is 19.5 Å². The van der Waals surface area contributed by atoms with Crippen molar-refractivity contribution in [3.63, 3.8) is 0 Å². The van der Waals surface area contributed by atoms with E-state index in [4.69, 9.17) is 9.26 Å². The van der Waals surface area contributed by atoms with E-state index < -0.39 is 0 Å². The summed E-state index contributed by atoms with van der Waals surface area (Å²) in [5.41, 5.74) is 1.61. The van der Waals surface area contributed by atoms with Crippen LogP contribution < -0.4 is 10.2 Å². The van der Waals surface area contributed by atoms with Gasteiger partial charge in [-0.15, -0.1) is 0 Å². The van der Waals surface area contributed by atoms with Gasteiger partial charge in [-0.3, -0.25) is 4.79 Å². The van der Waals surface area contributed by atoms with E-state index >= 15 is 0 Å². The zero-order chi connectivity index (χ0) is 16.2. The van der Waals surface area contributed by atoms with Gasteiger partial charge in [-0.2, -0.15) is 0 Å². The zero-order valence-electron chi connectivity index (χ0n) is 13.3. The van der Waals surface area contributed by atoms with Crippen LogP contribution in [-0.4, -0.2) is 41.8 Å². The zero-order valence-corrected chi connectivity index (χ0v) is 13.3. The number of nitrogens with zero attached hydrogens (tertiary/aromatic N) is 3. The number of pyridine rings is 1. The number of morpholine rings is 1. The van der Waals surface area contributed by atoms with Crippen molar-refractivity contribution in [2.75, 3.05) is 24.6 Å². The van der Waals surface area contributed by atoms with Crippen LogP contribution in [0.5, 0.6) is 0 Å². The molecule has 2 aromatic rings. The highest BCUT2D eigenvalue weighted by Crippen LogP contribution is 2.15. The van der Waals surface area contributed by atoms with Gasteiger partial charge in [0, 0.05) is 31.9 Å². The number of rotatable bonds is 4. The minimum Gasteiger partial charge on any atom is -0.375 e. The first-order valence-electron chi connectivity index (χ1n) is 7.65. The molecule has 7 heteroatoms. The van der Waals surface area contributed by atoms with Crippen molar-refractivity contribution in [3.8, 4) is 0 Å². The van der Waals surface area contributed by atoms with Crippen molar-refractivity contribution in [1.29, 1.82) is 0 Å². The molecule has 0 bridgehead atoms. The Kier molecular flexibility index (Phi) is 4.57. The van der Waals surface area contributed by atoms with Crippen LogP contribution >= 0.6 is 0 Å². The van der Waals surface area contributed by atoms with Gasteiger partial charge in [0.1, 0.15) is 5.82 Å². The van der Waals surface area contributed by atoms with Crippen LogP contribution in [0.1, 0.15) is 28.7 Å². The third-order valence-corrected chi connectivity index (χ3v) is 3.68. The van der Waals surface area contributed by atoms with Gasteiger partial charge >= 0.3 is 0 Å². The monoisotopic (exact) mass is 316 g/mol. The Bertz CT molecular complexity index is 668. The molecule has 1 N–H and O–H groups in total. The van der Waals surface area contributed by atoms with Gasteiger partial charge in [-0.05, 0) is 25.5 Å². The SMILES string of the molecule is Cc1cc(C(=O)NCc2ccc(N3CCOC(C)C3)nc2)on1. The van der Waals surface area contributed by atoms with E-state index in [1.165, 1.54) is 0 Å². The third kappa shape index (κ3) is 3.87. The Labute approximate surface area is 134 Å². The second kappa shape index (κ2) is 6.78. The first-order valence-corrected chi connectivity index (χ1v) is 7.65. The maximum atomic E-state index is 11.9. The molecule has 1 fully saturated rings. The average molecular weight is 316 g/mol. The van der Waals surface area contributed by atoms with Crippen LogP contribution in [0.2, 0.25) is 0 Å². The van der Waals surface area contributed by atoms with Crippen LogP contribution in [-0.2, 0) is 11.3 Å². The lowest BCUT2D eigenvalue weighted by atomic mass is 10.2. The number of nitrogens with one attached hydrogen (secondary N) is 1. The summed E-state index contributed by atoms with van der Waals surface area (Å²) in [6.07, 6.45) is 2.00. The van der Waals surface area contributed by atoms with Crippen molar-refractivity contribution in [2.24, 2.45) is 0 Å². The van der Waals surface area contributed by atoms with Crippen LogP contribution in [0, 0.1) is 6.92 Å². The van der Waals surface area contributed by atoms with E-state index in [0.717, 1.165) is 31.1 Å². The van der Waals surface area contributed by atoms with Gasteiger partial charge in [0.05, 0.1) is 18.4 Å². The van der Waals surface area contributed by atoms with Crippen molar-refractivity contribution in [2.45, 2.75) is 26.5 Å². The van der Waals surface area contributed by atoms with Gasteiger partial charge in [0.2, 0.25) is 5.76 Å². The second-order valence-corrected chi connectivity index (χ2v) is 5.67. The highest BCUT2D eigenvalue weighted by atomic mass is 16.5. The normalized spacial score (nSPS) is 18.0. The maximum absolute atomic E-state index is 11.9. The fraction of sp³-hybridized carbons (Fsp3) is 0.438. The molecular formula is C16H20N4O3. The molecule has 1 aliphatic rings. The standard InChI is InChI=1S/C16H20N4O3/c1-11-7-14(23-19-11)16(21)18-9-13-3-4-15(17-8-13)20-5-6-22-12(2)10-20/h3-4,7-8,12H,5-6,9-10H2,1-2H3,(H,18,21). The maximum Gasteiger partial charge on any atom is 0.290 e. The number of hydrogen-bond donors (Lipinski definition) is 1. The molecule has 7 nitrogen and oxygen atoms in total. The first kappa shape index (κ1) is 15.5. The largest absolute Gasteiger partial charge is 0.375 e. The van der Waals surface area contributed by atoms with Crippen molar-refractivity contribution < 1.29 is 14.1 Å². The van der Waals surface area contributed by atoms with Crippen molar-refractivity contribution in [1.82, 2.24) is 15.5 Å². The smallest absolute Gasteiger partial charge is 0.290 e. The third-order valence-electron chi connectivity index (χ3n) is 3.68. The molecule has 3 rings (SSSR count). The summed E-state index contributed by atoms with van der Waals surface area (Å²) in [6, 6.07) is 5.54. The molecule has 0 spiro atoms. The van der Waals surface area contributed by atoms with Crippen LogP contribution in [0.3, 0.4) is 0 Å². The highest BCUT2D eigenvalue weighted by molar-refractivity contribution is 5.91. The number of carbonyl (C=O) groups is 1. The molecule has 1 unspecified atom stereocenters. The van der Waals surface area contributed by atoms with E-state index in [2.05, 4.69) is 27.3 Å². The number of anilines is 1. The minimum absolute atomic E-state index is 0.217. The molecule has 2 aromatic heterocycles. The molecule has 0 saturated carbocycles. The Morgan fingerprint density at radius 3 is 3.00 bits per heavy atom. The van der Waals surface area contributed by atoms with Crippen LogP contribution in [0.4, 0.5) is 5.82 Å². The summed E-state index contributed by atoms with van der Waals surface area (Å²) < 4.78 is 10.5. The van der Waals surface area contributed by atoms with Crippen molar-refractivity contribution >= 4 is 11.7 Å². The molecule has 0 aromatic carbocycles. The van der Waals surface area contributed by atoms with Gasteiger partial charge in [-0.1, -0.05) is 11.2 Å². The number of amides is 1. The Balaban J connectivity index is 1.56. The molecule has 0 radical (unpaired) electrons. The lowest BCUT2D eigenvalue weighted by Gasteiger charge is -2.32. The van der Waals surface area contributed by atoms with E-state index in [1.807, 2.05) is 12.1 Å². The Morgan fingerprint density at radius 2 is 2.35 bits per heavy atom. The van der Waals surface area contributed by atoms with Gasteiger partial charge in [0.15, 0.2) is 0 Å². The first-order chi connectivity index (χ1) is 11.1. The van der Waals surface area contributed by atoms with Gasteiger partial charge in [-0.25, -0.2) is 4.98 Å². The number of carbonyl (C=O) groups excluding carboxylic acids is 1. The lowest BCUT2D eigenvalue weighted by Crippen LogP contribution is -2.41. The summed E-state index contributed by atoms with van der Waals surface area (Å²) >= 11 is 0. The summed E-state index contributed by atoms with van der Waals surface area (Å²) in [4.78, 5) is 18.6. The summed E-state index contributed by atoms with van der Waals surface area (Å²) in [7, 11) is 0. The minimum atomic E-state index is -0.281. The number of hydrogen-bond acceptors (Lipinski definition) is 6. The topological polar surface area (TPSA) is 80.5 Å². The number of ether oxygens (including phenoxy) is 1. The Hall–Kier alpha value is -2.41. The predicted octanol–water partition coefficient (Wildman–Crippen LogP) is 1.53. The quantitative estimate of drug-likeness (QED) is 0.921. The van der Waals surface area contributed by atoms with E-state index in [-0.39, 0.29) is 17.8 Å². The highest BCUT2D eigenvalue weighted by Gasteiger charge is 2.17. The van der Waals surface area contributed by atoms with E-state index in [0.29, 0.717) is 12.2 Å². The molecule has 122 valence electrons. The van der Waals surface area contributed by atoms with Crippen molar-refractivity contribution in [3.05, 3.63) is 41.4 Å². The molecule has 0 aliphatic carbocycles. The lowest BCUT2D eigenvalue weighted by molar-refractivity contribution is 0.0529. The molecule has 1 saturated heterocycles. The summed E-state index contributed by atoms with van der Waals surface area (Å²) in [5, 5.41) is 6.49. The molecule has 1 atom stereocenters. The fourth-order valence-electron chi connectivity index (χ4n) is 2.47. The van der Waals surface area contributed by atoms with Gasteiger partial charge in [0.25, 0.3) is 5.91 Å². The number of aryl methyl sites for hydroxylation is 1. The molecule has 1 aliphatic heterocycles. The molecule has 3 heterocycles. The van der Waals surface area contributed by atoms with Crippen LogP contribution in [0.25, 0.3) is 0 Å². The summed E-state index contributed by atoms with van der Waals surface area (Å²) in [6.45, 7) is 6.63.